The molecule has 0 aromatic heterocycles. The maximum absolute atomic E-state index is 12.0. The van der Waals surface area contributed by atoms with E-state index in [1.807, 2.05) is 25.1 Å². The lowest BCUT2D eigenvalue weighted by molar-refractivity contribution is -0.122. The van der Waals surface area contributed by atoms with Crippen LogP contribution in [0.3, 0.4) is 0 Å². The Hall–Kier alpha value is -1.75. The molecule has 0 aliphatic carbocycles. The van der Waals surface area contributed by atoms with E-state index >= 15 is 0 Å². The summed E-state index contributed by atoms with van der Waals surface area (Å²) in [5, 5.41) is 6.38. The van der Waals surface area contributed by atoms with Gasteiger partial charge in [0.25, 0.3) is 0 Å². The highest BCUT2D eigenvalue weighted by molar-refractivity contribution is 5.77. The normalized spacial score (nSPS) is 21.8. The van der Waals surface area contributed by atoms with Crippen molar-refractivity contribution in [2.24, 2.45) is 0 Å². The zero-order valence-corrected chi connectivity index (χ0v) is 11.6. The van der Waals surface area contributed by atoms with Gasteiger partial charge in [-0.1, -0.05) is 6.07 Å². The summed E-state index contributed by atoms with van der Waals surface area (Å²) in [6.45, 7) is 3.28. The molecule has 0 radical (unpaired) electrons. The molecule has 0 spiro atoms. The first-order valence-electron chi connectivity index (χ1n) is 7.14. The van der Waals surface area contributed by atoms with Gasteiger partial charge in [-0.2, -0.15) is 0 Å². The Labute approximate surface area is 118 Å². The molecule has 2 aliphatic heterocycles. The lowest BCUT2D eigenvalue weighted by atomic mass is 10.1. The van der Waals surface area contributed by atoms with Crippen molar-refractivity contribution in [1.29, 1.82) is 0 Å². The Balaban J connectivity index is 1.58. The summed E-state index contributed by atoms with van der Waals surface area (Å²) in [5.74, 6) is 1.61. The molecule has 20 heavy (non-hydrogen) atoms. The molecule has 1 fully saturated rings. The Morgan fingerprint density at radius 2 is 2.30 bits per heavy atom. The van der Waals surface area contributed by atoms with Crippen LogP contribution >= 0.6 is 0 Å². The topological polar surface area (TPSA) is 59.6 Å². The molecule has 2 aliphatic rings. The average molecular weight is 276 g/mol. The summed E-state index contributed by atoms with van der Waals surface area (Å²) in [4.78, 5) is 12.0. The maximum Gasteiger partial charge on any atom is 0.231 e. The van der Waals surface area contributed by atoms with Crippen LogP contribution in [0.5, 0.6) is 11.5 Å². The second kappa shape index (κ2) is 5.71. The molecule has 0 saturated carbocycles. The minimum absolute atomic E-state index is 0.0293. The molecule has 2 heterocycles. The third-order valence-electron chi connectivity index (χ3n) is 3.87. The largest absolute Gasteiger partial charge is 0.454 e. The maximum atomic E-state index is 12.0. The van der Waals surface area contributed by atoms with Gasteiger partial charge in [0, 0.05) is 12.5 Å². The first kappa shape index (κ1) is 13.2. The number of fused-ring (bicyclic) bond motifs is 1. The Morgan fingerprint density at radius 1 is 1.45 bits per heavy atom. The van der Waals surface area contributed by atoms with Gasteiger partial charge < -0.3 is 20.1 Å². The quantitative estimate of drug-likeness (QED) is 0.879. The van der Waals surface area contributed by atoms with Gasteiger partial charge in [-0.3, -0.25) is 4.79 Å². The molecule has 5 nitrogen and oxygen atoms in total. The smallest absolute Gasteiger partial charge is 0.231 e. The second-order valence-corrected chi connectivity index (χ2v) is 5.40. The van der Waals surface area contributed by atoms with Crippen LogP contribution < -0.4 is 20.1 Å². The minimum Gasteiger partial charge on any atom is -0.454 e. The predicted molar refractivity (Wildman–Crippen MR) is 74.8 cm³/mol. The minimum atomic E-state index is -0.0293. The number of nitrogens with one attached hydrogen (secondary N) is 2. The highest BCUT2D eigenvalue weighted by Gasteiger charge is 2.20. The van der Waals surface area contributed by atoms with E-state index in [2.05, 4.69) is 10.6 Å². The zero-order valence-electron chi connectivity index (χ0n) is 11.6. The van der Waals surface area contributed by atoms with Crippen molar-refractivity contribution < 1.29 is 14.3 Å². The van der Waals surface area contributed by atoms with Crippen molar-refractivity contribution >= 4 is 5.91 Å². The van der Waals surface area contributed by atoms with Crippen molar-refractivity contribution in [2.75, 3.05) is 13.3 Å². The van der Waals surface area contributed by atoms with Gasteiger partial charge in [0.15, 0.2) is 11.5 Å². The van der Waals surface area contributed by atoms with E-state index in [4.69, 9.17) is 9.47 Å². The molecule has 0 bridgehead atoms. The molecule has 2 N–H and O–H groups in total. The van der Waals surface area contributed by atoms with E-state index in [1.54, 1.807) is 0 Å². The van der Waals surface area contributed by atoms with Crippen molar-refractivity contribution in [3.63, 3.8) is 0 Å². The van der Waals surface area contributed by atoms with E-state index in [1.165, 1.54) is 0 Å². The average Bonchev–Trinajstić information content (AvgIpc) is 3.07. The van der Waals surface area contributed by atoms with Crippen LogP contribution in [0.15, 0.2) is 18.2 Å². The van der Waals surface area contributed by atoms with E-state index in [0.29, 0.717) is 12.5 Å². The van der Waals surface area contributed by atoms with Crippen LogP contribution in [-0.4, -0.2) is 25.3 Å². The summed E-state index contributed by atoms with van der Waals surface area (Å²) in [7, 11) is 0. The third-order valence-corrected chi connectivity index (χ3v) is 3.87. The number of hydrogen-bond acceptors (Lipinski definition) is 4. The molecular weight excluding hydrogens is 256 g/mol. The molecule has 1 saturated heterocycles. The van der Waals surface area contributed by atoms with E-state index in [0.717, 1.165) is 36.4 Å². The molecule has 1 aromatic rings. The van der Waals surface area contributed by atoms with Crippen molar-refractivity contribution in [2.45, 2.75) is 38.3 Å². The van der Waals surface area contributed by atoms with E-state index in [-0.39, 0.29) is 18.7 Å². The highest BCUT2D eigenvalue weighted by Crippen LogP contribution is 2.34. The lowest BCUT2D eigenvalue weighted by Crippen LogP contribution is -2.33. The molecule has 2 unspecified atom stereocenters. The number of rotatable bonds is 4. The van der Waals surface area contributed by atoms with Gasteiger partial charge in [0.05, 0.1) is 6.04 Å². The predicted octanol–water partition coefficient (Wildman–Crippen LogP) is 1.73. The number of carbonyl (C=O) groups is 1. The molecule has 5 heteroatoms. The summed E-state index contributed by atoms with van der Waals surface area (Å²) >= 11 is 0. The number of amides is 1. The van der Waals surface area contributed by atoms with Crippen molar-refractivity contribution in [1.82, 2.24) is 10.6 Å². The van der Waals surface area contributed by atoms with Crippen molar-refractivity contribution in [3.05, 3.63) is 23.8 Å². The number of ether oxygens (including phenoxy) is 2. The van der Waals surface area contributed by atoms with E-state index in [9.17, 15) is 4.79 Å². The third kappa shape index (κ3) is 2.88. The van der Waals surface area contributed by atoms with Gasteiger partial charge in [-0.15, -0.1) is 0 Å². The van der Waals surface area contributed by atoms with Gasteiger partial charge in [0.2, 0.25) is 12.7 Å². The van der Waals surface area contributed by atoms with Crippen LogP contribution in [0.25, 0.3) is 0 Å². The van der Waals surface area contributed by atoms with Crippen LogP contribution in [-0.2, 0) is 4.79 Å². The van der Waals surface area contributed by atoms with Crippen molar-refractivity contribution in [3.8, 4) is 11.5 Å². The number of hydrogen-bond donors (Lipinski definition) is 2. The molecule has 1 aromatic carbocycles. The summed E-state index contributed by atoms with van der Waals surface area (Å²) in [6, 6.07) is 6.09. The number of carbonyl (C=O) groups excluding carboxylic acids is 1. The number of benzene rings is 1. The summed E-state index contributed by atoms with van der Waals surface area (Å²) in [6.07, 6.45) is 2.80. The van der Waals surface area contributed by atoms with Crippen LogP contribution in [0.2, 0.25) is 0 Å². The fourth-order valence-electron chi connectivity index (χ4n) is 2.72. The van der Waals surface area contributed by atoms with E-state index < -0.39 is 0 Å². The molecule has 1 amide bonds. The highest BCUT2D eigenvalue weighted by atomic mass is 16.7. The second-order valence-electron chi connectivity index (χ2n) is 5.40. The Bertz CT molecular complexity index is 498. The fourth-order valence-corrected chi connectivity index (χ4v) is 2.72. The molecular formula is C15H20N2O3. The molecule has 2 atom stereocenters. The fraction of sp³-hybridized carbons (Fsp3) is 0.533. The lowest BCUT2D eigenvalue weighted by Gasteiger charge is -2.16. The van der Waals surface area contributed by atoms with Crippen LogP contribution in [0.1, 0.15) is 37.8 Å². The summed E-state index contributed by atoms with van der Waals surface area (Å²) < 4.78 is 10.6. The van der Waals surface area contributed by atoms with Gasteiger partial charge >= 0.3 is 0 Å². The van der Waals surface area contributed by atoms with Gasteiger partial charge in [-0.25, -0.2) is 0 Å². The first-order chi connectivity index (χ1) is 9.72. The standard InChI is InChI=1S/C15H20N2O3/c1-10(17-15(18)8-12-3-2-6-16-12)11-4-5-13-14(7-11)20-9-19-13/h4-5,7,10,12,16H,2-3,6,8-9H2,1H3,(H,17,18). The monoisotopic (exact) mass is 276 g/mol. The Kier molecular flexibility index (Phi) is 3.78. The van der Waals surface area contributed by atoms with Gasteiger partial charge in [-0.05, 0) is 44.0 Å². The van der Waals surface area contributed by atoms with Gasteiger partial charge in [0.1, 0.15) is 0 Å². The SMILES string of the molecule is CC(NC(=O)CC1CCCN1)c1ccc2c(c1)OCO2. The van der Waals surface area contributed by atoms with Crippen LogP contribution in [0.4, 0.5) is 0 Å². The first-order valence-corrected chi connectivity index (χ1v) is 7.14. The summed E-state index contributed by atoms with van der Waals surface area (Å²) in [5.41, 5.74) is 1.03. The Morgan fingerprint density at radius 3 is 3.10 bits per heavy atom. The molecule has 108 valence electrons. The van der Waals surface area contributed by atoms with Crippen LogP contribution in [0, 0.1) is 0 Å². The molecule has 3 rings (SSSR count). The zero-order chi connectivity index (χ0) is 13.9.